The van der Waals surface area contributed by atoms with Gasteiger partial charge in [0.2, 0.25) is 0 Å². The SMILES string of the molecule is [Ac].[NH-]c1ccc(O)cc1. The third-order valence-corrected chi connectivity index (χ3v) is 0.867. The Kier molecular flexibility index (Phi) is 4.26. The molecule has 0 saturated heterocycles. The van der Waals surface area contributed by atoms with Crippen molar-refractivity contribution in [1.29, 1.82) is 0 Å². The Balaban J connectivity index is 0.000000640. The molecule has 0 unspecified atom stereocenters. The minimum Gasteiger partial charge on any atom is -0.699 e. The van der Waals surface area contributed by atoms with E-state index in [4.69, 9.17) is 10.8 Å². The van der Waals surface area contributed by atoms with Crippen LogP contribution < -0.4 is 0 Å². The molecule has 9 heavy (non-hydrogen) atoms. The number of phenolic OH excluding ortho intramolecular Hbond substituents is 1. The van der Waals surface area contributed by atoms with Gasteiger partial charge in [0.05, 0.1) is 0 Å². The molecule has 1 aromatic rings. The maximum atomic E-state index is 8.67. The minimum atomic E-state index is 0. The Morgan fingerprint density at radius 3 is 1.89 bits per heavy atom. The molecule has 0 saturated carbocycles. The van der Waals surface area contributed by atoms with E-state index in [9.17, 15) is 0 Å². The molecule has 0 atom stereocenters. The number of hydrogen-bond donors (Lipinski definition) is 1. The van der Waals surface area contributed by atoms with Crippen molar-refractivity contribution in [1.82, 2.24) is 0 Å². The van der Waals surface area contributed by atoms with Crippen LogP contribution in [-0.4, -0.2) is 5.11 Å². The third-order valence-electron chi connectivity index (χ3n) is 0.867. The van der Waals surface area contributed by atoms with Gasteiger partial charge in [0.25, 0.3) is 0 Å². The van der Waals surface area contributed by atoms with E-state index >= 15 is 0 Å². The standard InChI is InChI=1S/C6H6NO.Ac/c7-5-1-3-6(8)4-2-5;/h1-4,7-8H;/q-1;. The fourth-order valence-corrected chi connectivity index (χ4v) is 0.461. The Morgan fingerprint density at radius 2 is 1.56 bits per heavy atom. The van der Waals surface area contributed by atoms with Gasteiger partial charge in [-0.1, -0.05) is 12.1 Å². The Hall–Kier alpha value is 0.262. The Labute approximate surface area is 89.6 Å². The fraction of sp³-hybridized carbons (Fsp3) is 0. The monoisotopic (exact) mass is 335 g/mol. The summed E-state index contributed by atoms with van der Waals surface area (Å²) in [6, 6.07) is 6.05. The van der Waals surface area contributed by atoms with Crippen LogP contribution in [0.1, 0.15) is 0 Å². The van der Waals surface area contributed by atoms with Gasteiger partial charge in [-0.25, -0.2) is 0 Å². The van der Waals surface area contributed by atoms with Crippen molar-refractivity contribution >= 4 is 5.69 Å². The van der Waals surface area contributed by atoms with Crippen LogP contribution in [-0.2, 0) is 0 Å². The molecule has 0 aromatic heterocycles. The van der Waals surface area contributed by atoms with E-state index in [2.05, 4.69) is 0 Å². The first kappa shape index (κ1) is 9.26. The van der Waals surface area contributed by atoms with Crippen molar-refractivity contribution in [2.24, 2.45) is 0 Å². The molecule has 1 radical (unpaired) electrons. The van der Waals surface area contributed by atoms with E-state index in [0.717, 1.165) is 0 Å². The van der Waals surface area contributed by atoms with Gasteiger partial charge in [-0.05, 0) is 12.1 Å². The predicted octanol–water partition coefficient (Wildman–Crippen LogP) is 2.08. The van der Waals surface area contributed by atoms with Crippen LogP contribution in [0.4, 0.5) is 5.69 Å². The zero-order valence-electron chi connectivity index (χ0n) is 4.83. The zero-order valence-corrected chi connectivity index (χ0v) is 9.58. The van der Waals surface area contributed by atoms with Gasteiger partial charge in [-0.2, -0.15) is 0 Å². The van der Waals surface area contributed by atoms with E-state index in [1.807, 2.05) is 0 Å². The number of aromatic hydroxyl groups is 1. The van der Waals surface area contributed by atoms with Crippen LogP contribution in [0.25, 0.3) is 5.73 Å². The van der Waals surface area contributed by atoms with Crippen LogP contribution in [0.5, 0.6) is 5.75 Å². The molecule has 0 amide bonds. The summed E-state index contributed by atoms with van der Waals surface area (Å²) in [5.41, 5.74) is 7.40. The van der Waals surface area contributed by atoms with Crippen molar-refractivity contribution in [2.75, 3.05) is 0 Å². The molecule has 0 aliphatic carbocycles. The summed E-state index contributed by atoms with van der Waals surface area (Å²) < 4.78 is 0. The molecule has 2 nitrogen and oxygen atoms in total. The Morgan fingerprint density at radius 1 is 1.11 bits per heavy atom. The average Bonchev–Trinajstić information content (AvgIpc) is 1.77. The molecule has 2 N–H and O–H groups in total. The first-order valence-electron chi connectivity index (χ1n) is 2.29. The predicted molar refractivity (Wildman–Crippen MR) is 32.1 cm³/mol. The summed E-state index contributed by atoms with van der Waals surface area (Å²) in [6.45, 7) is 0. The van der Waals surface area contributed by atoms with Crippen LogP contribution >= 0.6 is 0 Å². The van der Waals surface area contributed by atoms with E-state index < -0.39 is 0 Å². The average molecular weight is 335 g/mol. The summed E-state index contributed by atoms with van der Waals surface area (Å²) in [5, 5.41) is 8.67. The van der Waals surface area contributed by atoms with E-state index in [-0.39, 0.29) is 49.8 Å². The van der Waals surface area contributed by atoms with Gasteiger partial charge in [0.15, 0.2) is 0 Å². The number of nitrogens with one attached hydrogen (secondary N) is 1. The fourth-order valence-electron chi connectivity index (χ4n) is 0.461. The number of hydrogen-bond acceptors (Lipinski definition) is 1. The summed E-state index contributed by atoms with van der Waals surface area (Å²) in [6.07, 6.45) is 0. The van der Waals surface area contributed by atoms with Crippen LogP contribution in [0.2, 0.25) is 0 Å². The molecule has 0 bridgehead atoms. The maximum absolute atomic E-state index is 8.67. The van der Waals surface area contributed by atoms with E-state index in [1.54, 1.807) is 0 Å². The molecule has 1 aromatic carbocycles. The molecule has 0 aliphatic heterocycles. The van der Waals surface area contributed by atoms with Crippen molar-refractivity contribution in [3.63, 3.8) is 0 Å². The topological polar surface area (TPSA) is 44.0 Å². The largest absolute Gasteiger partial charge is 0.699 e. The summed E-state index contributed by atoms with van der Waals surface area (Å²) in [4.78, 5) is 0. The van der Waals surface area contributed by atoms with Crippen LogP contribution in [0.3, 0.4) is 0 Å². The number of phenols is 1. The minimum absolute atomic E-state index is 0. The zero-order chi connectivity index (χ0) is 5.98. The molecule has 0 spiro atoms. The molecular weight excluding hydrogens is 329 g/mol. The first-order chi connectivity index (χ1) is 3.79. The second-order valence-electron chi connectivity index (χ2n) is 1.55. The van der Waals surface area contributed by atoms with Gasteiger partial charge in [0, 0.05) is 44.1 Å². The van der Waals surface area contributed by atoms with Crippen LogP contribution in [0.15, 0.2) is 24.3 Å². The van der Waals surface area contributed by atoms with E-state index in [0.29, 0.717) is 5.69 Å². The van der Waals surface area contributed by atoms with Crippen LogP contribution in [0, 0.1) is 44.1 Å². The summed E-state index contributed by atoms with van der Waals surface area (Å²) in [7, 11) is 0. The summed E-state index contributed by atoms with van der Waals surface area (Å²) >= 11 is 0. The van der Waals surface area contributed by atoms with Crippen molar-refractivity contribution < 1.29 is 49.2 Å². The normalized spacial score (nSPS) is 8.00. The molecule has 0 heterocycles. The second-order valence-corrected chi connectivity index (χ2v) is 1.55. The third kappa shape index (κ3) is 3.08. The number of benzene rings is 1. The smallest absolute Gasteiger partial charge is 0.115 e. The van der Waals surface area contributed by atoms with Gasteiger partial charge in [0.1, 0.15) is 5.75 Å². The molecule has 0 aliphatic rings. The molecule has 1 rings (SSSR count). The van der Waals surface area contributed by atoms with Gasteiger partial charge < -0.3 is 10.8 Å². The van der Waals surface area contributed by atoms with Gasteiger partial charge >= 0.3 is 0 Å². The van der Waals surface area contributed by atoms with Gasteiger partial charge in [-0.3, -0.25) is 0 Å². The molecule has 45 valence electrons. The van der Waals surface area contributed by atoms with E-state index in [1.165, 1.54) is 24.3 Å². The maximum Gasteiger partial charge on any atom is 0.115 e. The van der Waals surface area contributed by atoms with Gasteiger partial charge in [-0.15, -0.1) is 5.69 Å². The molecule has 0 fully saturated rings. The number of rotatable bonds is 0. The van der Waals surface area contributed by atoms with Crippen molar-refractivity contribution in [3.05, 3.63) is 30.0 Å². The Bertz CT molecular complexity index is 152. The van der Waals surface area contributed by atoms with Crippen molar-refractivity contribution in [2.45, 2.75) is 0 Å². The summed E-state index contributed by atoms with van der Waals surface area (Å²) in [5.74, 6) is 0.209. The molecule has 3 heteroatoms. The first-order valence-corrected chi connectivity index (χ1v) is 2.29. The molecular formula is C6H6AcNO-. The second kappa shape index (κ2) is 4.14. The van der Waals surface area contributed by atoms with Crippen molar-refractivity contribution in [3.8, 4) is 5.75 Å². The quantitative estimate of drug-likeness (QED) is 0.725.